The SMILES string of the molecule is C[C@H](Nc1nc2c(ncn2[C@@H]2O[C@H](COP(=O)(O)O)[C@@H](O)[C@H]2O)c(=O)[nH]1)C(=O)N[C@@H](CCC(=O)O)C(=O)O.[Na+].[Na+].[Na+]. The summed E-state index contributed by atoms with van der Waals surface area (Å²) in [5, 5.41) is 43.3. The number of rotatable bonds is 12. The Morgan fingerprint density at radius 1 is 1.20 bits per heavy atom. The molecule has 23 heteroatoms. The van der Waals surface area contributed by atoms with E-state index in [9.17, 15) is 39.1 Å². The number of anilines is 1. The Labute approximate surface area is 296 Å². The van der Waals surface area contributed by atoms with Gasteiger partial charge < -0.3 is 45.6 Å². The Morgan fingerprint density at radius 2 is 1.83 bits per heavy atom. The van der Waals surface area contributed by atoms with Crippen molar-refractivity contribution in [1.29, 1.82) is 0 Å². The molecule has 6 atom stereocenters. The molecule has 1 fully saturated rings. The zero-order chi connectivity index (χ0) is 28.4. The maximum absolute atomic E-state index is 12.5. The van der Waals surface area contributed by atoms with Crippen LogP contribution in [0.15, 0.2) is 11.1 Å². The van der Waals surface area contributed by atoms with Crippen LogP contribution in [-0.2, 0) is 28.2 Å². The Kier molecular flexibility index (Phi) is 17.0. The topological polar surface area (TPSA) is 296 Å². The standard InChI is InChI=1S/C18H25N6O13P.3Na/c1-6(14(29)21-7(17(31)32)2-3-9(25)26)20-18-22-13-10(15(30)23-18)19-5-24(13)16-12(28)11(27)8(37-16)4-36-38(33,34)35;;;/h5-8,11-12,16,27-28H,2-4H2,1H3,(H,21,29)(H,25,26)(H,31,32)(H2,33,34,35)(H2,20,22,23,30);;;/q;3*+1/t6-,7-,8+,11+,12+,16+;;;/m0.../s1. The van der Waals surface area contributed by atoms with E-state index in [1.165, 1.54) is 6.92 Å². The first-order valence-electron chi connectivity index (χ1n) is 10.9. The molecule has 3 rings (SSSR count). The van der Waals surface area contributed by atoms with Gasteiger partial charge in [0.15, 0.2) is 17.4 Å². The molecule has 3 heterocycles. The van der Waals surface area contributed by atoms with Crippen LogP contribution in [0.25, 0.3) is 11.2 Å². The number of hydrogen-bond acceptors (Lipinski definition) is 12. The van der Waals surface area contributed by atoms with Gasteiger partial charge in [-0.1, -0.05) is 0 Å². The van der Waals surface area contributed by atoms with E-state index < -0.39 is 80.9 Å². The fourth-order valence-corrected chi connectivity index (χ4v) is 3.88. The van der Waals surface area contributed by atoms with Gasteiger partial charge in [0.1, 0.15) is 30.4 Å². The number of fused-ring (bicyclic) bond motifs is 1. The summed E-state index contributed by atoms with van der Waals surface area (Å²) in [4.78, 5) is 75.1. The predicted octanol–water partition coefficient (Wildman–Crippen LogP) is -11.9. The number of aromatic amines is 1. The zero-order valence-electron chi connectivity index (χ0n) is 22.5. The van der Waals surface area contributed by atoms with Crippen LogP contribution in [0.1, 0.15) is 26.0 Å². The number of aliphatic hydroxyl groups is 2. The van der Waals surface area contributed by atoms with Crippen LogP contribution in [0.3, 0.4) is 0 Å². The molecular weight excluding hydrogens is 608 g/mol. The van der Waals surface area contributed by atoms with Crippen molar-refractivity contribution in [1.82, 2.24) is 24.8 Å². The number of aliphatic carboxylic acids is 2. The van der Waals surface area contributed by atoms with Crippen LogP contribution in [0.5, 0.6) is 0 Å². The molecule has 2 aromatic rings. The van der Waals surface area contributed by atoms with Crippen LogP contribution < -0.4 is 105 Å². The number of nitrogens with zero attached hydrogens (tertiary/aromatic N) is 3. The Morgan fingerprint density at radius 3 is 2.39 bits per heavy atom. The largest absolute Gasteiger partial charge is 1.00 e. The van der Waals surface area contributed by atoms with E-state index in [1.807, 2.05) is 0 Å². The fourth-order valence-electron chi connectivity index (χ4n) is 3.54. The number of nitrogens with one attached hydrogen (secondary N) is 3. The molecule has 2 aromatic heterocycles. The smallest absolute Gasteiger partial charge is 0.481 e. The first-order chi connectivity index (χ1) is 17.7. The van der Waals surface area contributed by atoms with Crippen molar-refractivity contribution in [2.75, 3.05) is 11.9 Å². The molecule has 9 N–H and O–H groups in total. The van der Waals surface area contributed by atoms with Gasteiger partial charge in [-0.25, -0.2) is 14.3 Å². The summed E-state index contributed by atoms with van der Waals surface area (Å²) >= 11 is 0. The number of amides is 1. The van der Waals surface area contributed by atoms with Crippen LogP contribution in [0.2, 0.25) is 0 Å². The molecule has 19 nitrogen and oxygen atoms in total. The van der Waals surface area contributed by atoms with Crippen molar-refractivity contribution in [3.05, 3.63) is 16.7 Å². The summed E-state index contributed by atoms with van der Waals surface area (Å²) in [6.07, 6.45) is -5.81. The maximum atomic E-state index is 12.5. The van der Waals surface area contributed by atoms with Gasteiger partial charge in [-0.3, -0.25) is 28.5 Å². The van der Waals surface area contributed by atoms with Crippen LogP contribution >= 0.6 is 7.82 Å². The first-order valence-corrected chi connectivity index (χ1v) is 12.4. The summed E-state index contributed by atoms with van der Waals surface area (Å²) in [7, 11) is -4.89. The summed E-state index contributed by atoms with van der Waals surface area (Å²) in [6.45, 7) is 0.557. The molecule has 0 saturated carbocycles. The number of ether oxygens (including phenoxy) is 1. The minimum absolute atomic E-state index is 0. The molecule has 0 aromatic carbocycles. The molecule has 210 valence electrons. The average Bonchev–Trinajstić information content (AvgIpc) is 3.35. The van der Waals surface area contributed by atoms with Gasteiger partial charge >= 0.3 is 108 Å². The second-order valence-electron chi connectivity index (χ2n) is 8.27. The number of carboxylic acids is 2. The third-order valence-corrected chi connectivity index (χ3v) is 5.94. The summed E-state index contributed by atoms with van der Waals surface area (Å²) in [5.74, 6) is -3.79. The minimum Gasteiger partial charge on any atom is -0.481 e. The first kappa shape index (κ1) is 40.5. The molecule has 0 spiro atoms. The quantitative estimate of drug-likeness (QED) is 0.0774. The summed E-state index contributed by atoms with van der Waals surface area (Å²) in [5.41, 5.74) is -1.16. The summed E-state index contributed by atoms with van der Waals surface area (Å²) < 4.78 is 21.8. The molecule has 0 bridgehead atoms. The molecule has 1 amide bonds. The molecule has 41 heavy (non-hydrogen) atoms. The molecule has 1 saturated heterocycles. The number of aromatic nitrogens is 4. The van der Waals surface area contributed by atoms with Crippen LogP contribution in [0.4, 0.5) is 5.95 Å². The Balaban J connectivity index is 0.00000533. The van der Waals surface area contributed by atoms with Gasteiger partial charge in [-0.05, 0) is 13.3 Å². The van der Waals surface area contributed by atoms with Crippen molar-refractivity contribution >= 4 is 42.8 Å². The van der Waals surface area contributed by atoms with E-state index in [0.29, 0.717) is 0 Å². The van der Waals surface area contributed by atoms with Gasteiger partial charge in [-0.15, -0.1) is 0 Å². The molecular formula is C18H25N6Na3O13P+3. The van der Waals surface area contributed by atoms with E-state index in [1.54, 1.807) is 0 Å². The average molecular weight is 633 g/mol. The third kappa shape index (κ3) is 10.9. The summed E-state index contributed by atoms with van der Waals surface area (Å²) in [6, 6.07) is -2.64. The van der Waals surface area contributed by atoms with Gasteiger partial charge in [0.25, 0.3) is 5.56 Å². The number of imidazole rings is 1. The van der Waals surface area contributed by atoms with Gasteiger partial charge in [0, 0.05) is 6.42 Å². The number of phosphoric ester groups is 1. The number of hydrogen-bond donors (Lipinski definition) is 9. The Bertz CT molecular complexity index is 1320. The molecule has 0 radical (unpaired) electrons. The van der Waals surface area contributed by atoms with Crippen molar-refractivity contribution in [3.63, 3.8) is 0 Å². The number of aliphatic hydroxyl groups excluding tert-OH is 2. The molecule has 0 aliphatic carbocycles. The van der Waals surface area contributed by atoms with Crippen LogP contribution in [0, 0.1) is 0 Å². The molecule has 0 unspecified atom stereocenters. The van der Waals surface area contributed by atoms with Gasteiger partial charge in [0.2, 0.25) is 11.9 Å². The predicted molar refractivity (Wildman–Crippen MR) is 122 cm³/mol. The zero-order valence-corrected chi connectivity index (χ0v) is 29.4. The van der Waals surface area contributed by atoms with Crippen molar-refractivity contribution in [2.24, 2.45) is 0 Å². The van der Waals surface area contributed by atoms with Crippen molar-refractivity contribution < 1.29 is 147 Å². The number of carbonyl (C=O) groups excluding carboxylic acids is 1. The van der Waals surface area contributed by atoms with Crippen molar-refractivity contribution in [3.8, 4) is 0 Å². The van der Waals surface area contributed by atoms with E-state index in [2.05, 4.69) is 30.1 Å². The monoisotopic (exact) mass is 633 g/mol. The normalized spacial score (nSPS) is 21.5. The maximum Gasteiger partial charge on any atom is 1.00 e. The van der Waals surface area contributed by atoms with E-state index in [4.69, 9.17) is 19.6 Å². The number of carboxylic acid groups (broad SMARTS) is 2. The van der Waals surface area contributed by atoms with Gasteiger partial charge in [0.05, 0.1) is 12.9 Å². The fraction of sp³-hybridized carbons (Fsp3) is 0.556. The molecule has 1 aliphatic heterocycles. The molecule has 1 aliphatic rings. The van der Waals surface area contributed by atoms with E-state index in [-0.39, 0.29) is 112 Å². The van der Waals surface area contributed by atoms with E-state index in [0.717, 1.165) is 10.9 Å². The Hall–Kier alpha value is -0.450. The van der Waals surface area contributed by atoms with Crippen molar-refractivity contribution in [2.45, 2.75) is 56.4 Å². The second kappa shape index (κ2) is 17.1. The third-order valence-electron chi connectivity index (χ3n) is 5.46. The number of H-pyrrole nitrogens is 1. The number of phosphoric acid groups is 1. The number of carbonyl (C=O) groups is 3. The van der Waals surface area contributed by atoms with Gasteiger partial charge in [-0.2, -0.15) is 4.98 Å². The second-order valence-corrected chi connectivity index (χ2v) is 9.51. The minimum atomic E-state index is -4.89. The van der Waals surface area contributed by atoms with Crippen LogP contribution in [-0.4, -0.2) is 105 Å². The van der Waals surface area contributed by atoms with E-state index >= 15 is 0 Å².